The molecule has 0 radical (unpaired) electrons. The largest absolute Gasteiger partial charge is 0.455 e. The number of hydrogen-bond acceptors (Lipinski definition) is 3. The van der Waals surface area contributed by atoms with E-state index < -0.39 is 20.1 Å². The lowest BCUT2D eigenvalue weighted by molar-refractivity contribution is -0.151. The van der Waals surface area contributed by atoms with E-state index in [2.05, 4.69) is 33.9 Å². The Morgan fingerprint density at radius 1 is 1.25 bits per heavy atom. The molecule has 0 aromatic rings. The predicted octanol–water partition coefficient (Wildman–Crippen LogP) is 3.02. The number of ether oxygens (including phenoxy) is 1. The first-order valence-electron chi connectivity index (χ1n) is 5.67. The zero-order valence-electron chi connectivity index (χ0n) is 11.5. The summed E-state index contributed by atoms with van der Waals surface area (Å²) in [5, 5.41) is 0.179. The third-order valence-electron chi connectivity index (χ3n) is 3.44. The van der Waals surface area contributed by atoms with E-state index in [0.29, 0.717) is 6.04 Å². The molecule has 0 N–H and O–H groups in total. The molecule has 0 amide bonds. The van der Waals surface area contributed by atoms with Gasteiger partial charge in [0.05, 0.1) is 8.07 Å². The number of Topliss-reactive ketones (excluding diaryl/α,β-unsaturated/α-hetero) is 1. The molecule has 0 aromatic heterocycles. The van der Waals surface area contributed by atoms with E-state index in [-0.39, 0.29) is 10.8 Å². The fourth-order valence-corrected chi connectivity index (χ4v) is 2.85. The first-order valence-corrected chi connectivity index (χ1v) is 8.88. The normalized spacial score (nSPS) is 14.4. The second kappa shape index (κ2) is 5.12. The van der Waals surface area contributed by atoms with Crippen LogP contribution >= 0.6 is 0 Å². The molecular formula is C12H24O3Si. The maximum absolute atomic E-state index is 11.9. The molecule has 0 bridgehead atoms. The lowest BCUT2D eigenvalue weighted by atomic mass is 10.2. The molecule has 4 heteroatoms. The van der Waals surface area contributed by atoms with Gasteiger partial charge >= 0.3 is 5.97 Å². The molecule has 0 saturated carbocycles. The maximum atomic E-state index is 11.9. The lowest BCUT2D eigenvalue weighted by Gasteiger charge is -2.36. The van der Waals surface area contributed by atoms with Crippen molar-refractivity contribution in [3.05, 3.63) is 0 Å². The van der Waals surface area contributed by atoms with E-state index >= 15 is 0 Å². The van der Waals surface area contributed by atoms with Crippen LogP contribution in [0, 0.1) is 0 Å². The molecule has 0 heterocycles. The van der Waals surface area contributed by atoms with Gasteiger partial charge in [-0.1, -0.05) is 33.9 Å². The van der Waals surface area contributed by atoms with Gasteiger partial charge in [0.1, 0.15) is 0 Å². The van der Waals surface area contributed by atoms with Crippen LogP contribution in [0.4, 0.5) is 0 Å². The van der Waals surface area contributed by atoms with Crippen molar-refractivity contribution in [2.45, 2.75) is 64.9 Å². The summed E-state index contributed by atoms with van der Waals surface area (Å²) in [7, 11) is -1.62. The van der Waals surface area contributed by atoms with Crippen LogP contribution in [0.1, 0.15) is 34.6 Å². The molecule has 16 heavy (non-hydrogen) atoms. The van der Waals surface area contributed by atoms with Gasteiger partial charge in [-0.15, -0.1) is 0 Å². The Labute approximate surface area is 99.6 Å². The van der Waals surface area contributed by atoms with Crippen LogP contribution in [0.15, 0.2) is 0 Å². The average Bonchev–Trinajstić information content (AvgIpc) is 1.99. The predicted molar refractivity (Wildman–Crippen MR) is 68.2 cm³/mol. The summed E-state index contributed by atoms with van der Waals surface area (Å²) in [6.45, 7) is 13.9. The van der Waals surface area contributed by atoms with Crippen LogP contribution in [0.2, 0.25) is 24.2 Å². The Hall–Kier alpha value is -0.643. The second-order valence-corrected chi connectivity index (χ2v) is 11.6. The first-order chi connectivity index (χ1) is 6.97. The Morgan fingerprint density at radius 3 is 2.00 bits per heavy atom. The van der Waals surface area contributed by atoms with Gasteiger partial charge in [-0.3, -0.25) is 9.59 Å². The third-order valence-corrected chi connectivity index (χ3v) is 8.74. The molecular weight excluding hydrogens is 220 g/mol. The highest BCUT2D eigenvalue weighted by molar-refractivity contribution is 6.82. The summed E-state index contributed by atoms with van der Waals surface area (Å²) in [6, 6.07) is 0.560. The van der Waals surface area contributed by atoms with Crippen LogP contribution in [-0.2, 0) is 14.3 Å². The Kier molecular flexibility index (Phi) is 4.92. The molecule has 1 unspecified atom stereocenters. The summed E-state index contributed by atoms with van der Waals surface area (Å²) in [4.78, 5) is 22.7. The standard InChI is InChI=1S/C12H24O3Si/c1-9(15-10(2)13)11(14)8-16(6,7)12(3,4)5/h9H,8H2,1-7H3. The summed E-state index contributed by atoms with van der Waals surface area (Å²) in [5.41, 5.74) is 0. The Bertz CT molecular complexity index is 276. The van der Waals surface area contributed by atoms with Gasteiger partial charge in [0.15, 0.2) is 11.9 Å². The molecule has 0 saturated heterocycles. The quantitative estimate of drug-likeness (QED) is 0.564. The number of carbonyl (C=O) groups excluding carboxylic acids is 2. The van der Waals surface area contributed by atoms with Crippen molar-refractivity contribution in [3.63, 3.8) is 0 Å². The molecule has 3 nitrogen and oxygen atoms in total. The van der Waals surface area contributed by atoms with E-state index in [9.17, 15) is 9.59 Å². The van der Waals surface area contributed by atoms with Gasteiger partial charge < -0.3 is 4.74 Å². The number of esters is 1. The number of carbonyl (C=O) groups is 2. The second-order valence-electron chi connectivity index (χ2n) is 6.03. The fourth-order valence-electron chi connectivity index (χ4n) is 1.16. The van der Waals surface area contributed by atoms with Gasteiger partial charge in [-0.2, -0.15) is 0 Å². The number of ketones is 1. The van der Waals surface area contributed by atoms with Gasteiger partial charge in [0, 0.05) is 13.0 Å². The molecule has 0 spiro atoms. The SMILES string of the molecule is CC(=O)OC(C)C(=O)C[Si](C)(C)C(C)(C)C. The van der Waals surface area contributed by atoms with Crippen molar-refractivity contribution in [2.75, 3.05) is 0 Å². The van der Waals surface area contributed by atoms with Crippen LogP contribution < -0.4 is 0 Å². The fraction of sp³-hybridized carbons (Fsp3) is 0.833. The van der Waals surface area contributed by atoms with Crippen LogP contribution in [0.5, 0.6) is 0 Å². The third kappa shape index (κ3) is 4.47. The van der Waals surface area contributed by atoms with E-state index in [1.54, 1.807) is 6.92 Å². The zero-order valence-corrected chi connectivity index (χ0v) is 12.5. The molecule has 0 fully saturated rings. The van der Waals surface area contributed by atoms with Crippen LogP contribution in [-0.4, -0.2) is 25.9 Å². The van der Waals surface area contributed by atoms with Gasteiger partial charge in [-0.25, -0.2) is 0 Å². The summed E-state index contributed by atoms with van der Waals surface area (Å²) >= 11 is 0. The summed E-state index contributed by atoms with van der Waals surface area (Å²) < 4.78 is 4.90. The smallest absolute Gasteiger partial charge is 0.303 e. The minimum Gasteiger partial charge on any atom is -0.455 e. The first kappa shape index (κ1) is 15.4. The number of rotatable bonds is 4. The zero-order chi connectivity index (χ0) is 13.1. The average molecular weight is 244 g/mol. The summed E-state index contributed by atoms with van der Waals surface area (Å²) in [6.07, 6.45) is -0.605. The van der Waals surface area contributed by atoms with Crippen molar-refractivity contribution >= 4 is 19.8 Å². The highest BCUT2D eigenvalue weighted by atomic mass is 28.3. The van der Waals surface area contributed by atoms with Gasteiger partial charge in [0.2, 0.25) is 0 Å². The Balaban J connectivity index is 4.51. The molecule has 0 aliphatic rings. The van der Waals surface area contributed by atoms with Crippen LogP contribution in [0.25, 0.3) is 0 Å². The highest BCUT2D eigenvalue weighted by Crippen LogP contribution is 2.38. The minimum atomic E-state index is -1.62. The molecule has 0 aliphatic carbocycles. The maximum Gasteiger partial charge on any atom is 0.303 e. The van der Waals surface area contributed by atoms with Crippen molar-refractivity contribution in [1.29, 1.82) is 0 Å². The molecule has 0 aliphatic heterocycles. The molecule has 0 aromatic carbocycles. The van der Waals surface area contributed by atoms with E-state index in [1.807, 2.05) is 0 Å². The lowest BCUT2D eigenvalue weighted by Crippen LogP contribution is -2.41. The van der Waals surface area contributed by atoms with Crippen LogP contribution in [0.3, 0.4) is 0 Å². The van der Waals surface area contributed by atoms with Gasteiger partial charge in [-0.05, 0) is 12.0 Å². The highest BCUT2D eigenvalue weighted by Gasteiger charge is 2.38. The van der Waals surface area contributed by atoms with Crippen molar-refractivity contribution < 1.29 is 14.3 Å². The van der Waals surface area contributed by atoms with Crippen molar-refractivity contribution in [1.82, 2.24) is 0 Å². The van der Waals surface area contributed by atoms with Crippen molar-refractivity contribution in [3.8, 4) is 0 Å². The van der Waals surface area contributed by atoms with E-state index in [4.69, 9.17) is 4.74 Å². The summed E-state index contributed by atoms with van der Waals surface area (Å²) in [5.74, 6) is -0.349. The van der Waals surface area contributed by atoms with Crippen molar-refractivity contribution in [2.24, 2.45) is 0 Å². The molecule has 1 atom stereocenters. The topological polar surface area (TPSA) is 43.4 Å². The Morgan fingerprint density at radius 2 is 1.69 bits per heavy atom. The minimum absolute atomic E-state index is 0.0433. The number of hydrogen-bond donors (Lipinski definition) is 0. The van der Waals surface area contributed by atoms with E-state index in [0.717, 1.165) is 0 Å². The molecule has 0 rings (SSSR count). The van der Waals surface area contributed by atoms with Gasteiger partial charge in [0.25, 0.3) is 0 Å². The molecule has 94 valence electrons. The van der Waals surface area contributed by atoms with E-state index in [1.165, 1.54) is 6.92 Å². The monoisotopic (exact) mass is 244 g/mol.